The maximum atomic E-state index is 3.56. The zero-order valence-corrected chi connectivity index (χ0v) is 12.6. The predicted octanol–water partition coefficient (Wildman–Crippen LogP) is 3.28. The molecule has 0 aromatic rings. The quantitative estimate of drug-likeness (QED) is 0.841. The maximum Gasteiger partial charge on any atom is 0.00218 e. The van der Waals surface area contributed by atoms with Crippen molar-refractivity contribution in [2.45, 2.75) is 57.8 Å². The number of nitrogens with one attached hydrogen (secondary N) is 1. The van der Waals surface area contributed by atoms with Crippen molar-refractivity contribution in [1.82, 2.24) is 10.2 Å². The standard InChI is InChI=1S/C17H32N2/c1-2-6-16(7-3-1)17-8-11-19(12-9-17)14-15-5-4-10-18-13-15/h15-18H,1-14H2. The Morgan fingerprint density at radius 3 is 2.21 bits per heavy atom. The summed E-state index contributed by atoms with van der Waals surface area (Å²) >= 11 is 0. The lowest BCUT2D eigenvalue weighted by Crippen LogP contribution is -2.42. The lowest BCUT2D eigenvalue weighted by atomic mass is 9.76. The summed E-state index contributed by atoms with van der Waals surface area (Å²) in [6, 6.07) is 0. The first-order valence-corrected chi connectivity index (χ1v) is 8.85. The van der Waals surface area contributed by atoms with Crippen molar-refractivity contribution in [3.63, 3.8) is 0 Å². The molecule has 1 N–H and O–H groups in total. The van der Waals surface area contributed by atoms with Crippen LogP contribution in [-0.2, 0) is 0 Å². The van der Waals surface area contributed by atoms with Gasteiger partial charge in [-0.05, 0) is 69.6 Å². The molecular formula is C17H32N2. The normalized spacial score (nSPS) is 32.5. The molecule has 1 saturated carbocycles. The van der Waals surface area contributed by atoms with E-state index in [1.165, 1.54) is 90.5 Å². The molecular weight excluding hydrogens is 232 g/mol. The van der Waals surface area contributed by atoms with Crippen LogP contribution in [0, 0.1) is 17.8 Å². The molecule has 0 spiro atoms. The first-order chi connectivity index (χ1) is 9.42. The molecule has 1 aliphatic carbocycles. The monoisotopic (exact) mass is 264 g/mol. The van der Waals surface area contributed by atoms with Crippen LogP contribution in [0.2, 0.25) is 0 Å². The second-order valence-electron chi connectivity index (χ2n) is 7.25. The number of rotatable bonds is 3. The van der Waals surface area contributed by atoms with Crippen LogP contribution in [0.1, 0.15) is 57.8 Å². The van der Waals surface area contributed by atoms with E-state index in [-0.39, 0.29) is 0 Å². The van der Waals surface area contributed by atoms with Crippen molar-refractivity contribution in [2.75, 3.05) is 32.7 Å². The Hall–Kier alpha value is -0.0800. The summed E-state index contributed by atoms with van der Waals surface area (Å²) < 4.78 is 0. The minimum Gasteiger partial charge on any atom is -0.316 e. The highest BCUT2D eigenvalue weighted by Crippen LogP contribution is 2.35. The first-order valence-electron chi connectivity index (χ1n) is 8.85. The molecule has 1 atom stereocenters. The average molecular weight is 264 g/mol. The van der Waals surface area contributed by atoms with E-state index < -0.39 is 0 Å². The van der Waals surface area contributed by atoms with Crippen LogP contribution >= 0.6 is 0 Å². The number of nitrogens with zero attached hydrogens (tertiary/aromatic N) is 1. The summed E-state index contributed by atoms with van der Waals surface area (Å²) in [5.41, 5.74) is 0. The van der Waals surface area contributed by atoms with Gasteiger partial charge in [0, 0.05) is 6.54 Å². The molecule has 2 aliphatic heterocycles. The minimum atomic E-state index is 0.931. The Bertz CT molecular complexity index is 246. The lowest BCUT2D eigenvalue weighted by Gasteiger charge is -2.39. The van der Waals surface area contributed by atoms with Gasteiger partial charge in [0.25, 0.3) is 0 Å². The van der Waals surface area contributed by atoms with Crippen LogP contribution < -0.4 is 5.32 Å². The summed E-state index contributed by atoms with van der Waals surface area (Å²) in [5, 5.41) is 3.56. The third-order valence-electron chi connectivity index (χ3n) is 5.86. The topological polar surface area (TPSA) is 15.3 Å². The molecule has 3 aliphatic rings. The van der Waals surface area contributed by atoms with E-state index in [0.29, 0.717) is 0 Å². The maximum absolute atomic E-state index is 3.56. The number of likely N-dealkylation sites (tertiary alicyclic amines) is 1. The van der Waals surface area contributed by atoms with Gasteiger partial charge >= 0.3 is 0 Å². The van der Waals surface area contributed by atoms with Gasteiger partial charge in [-0.2, -0.15) is 0 Å². The van der Waals surface area contributed by atoms with E-state index in [1.54, 1.807) is 0 Å². The summed E-state index contributed by atoms with van der Waals surface area (Å²) in [6.07, 6.45) is 13.4. The zero-order valence-electron chi connectivity index (χ0n) is 12.6. The fraction of sp³-hybridized carbons (Fsp3) is 1.00. The zero-order chi connectivity index (χ0) is 12.9. The fourth-order valence-corrected chi connectivity index (χ4v) is 4.66. The highest BCUT2D eigenvalue weighted by molar-refractivity contribution is 4.81. The van der Waals surface area contributed by atoms with Gasteiger partial charge in [-0.25, -0.2) is 0 Å². The second-order valence-corrected chi connectivity index (χ2v) is 7.25. The first kappa shape index (κ1) is 13.9. The van der Waals surface area contributed by atoms with Crippen molar-refractivity contribution < 1.29 is 0 Å². The smallest absolute Gasteiger partial charge is 0.00218 e. The number of piperidine rings is 2. The molecule has 0 aromatic carbocycles. The average Bonchev–Trinajstić information content (AvgIpc) is 2.50. The van der Waals surface area contributed by atoms with Crippen LogP contribution in [0.3, 0.4) is 0 Å². The van der Waals surface area contributed by atoms with Gasteiger partial charge in [-0.1, -0.05) is 32.1 Å². The third kappa shape index (κ3) is 3.95. The molecule has 2 nitrogen and oxygen atoms in total. The van der Waals surface area contributed by atoms with Crippen LogP contribution in [-0.4, -0.2) is 37.6 Å². The Balaban J connectivity index is 1.38. The Labute approximate surface area is 119 Å². The number of hydrogen-bond acceptors (Lipinski definition) is 2. The summed E-state index contributed by atoms with van der Waals surface area (Å²) in [5.74, 6) is 3.09. The Morgan fingerprint density at radius 2 is 1.53 bits per heavy atom. The predicted molar refractivity (Wildman–Crippen MR) is 81.3 cm³/mol. The second kappa shape index (κ2) is 7.08. The molecule has 0 aromatic heterocycles. The van der Waals surface area contributed by atoms with E-state index >= 15 is 0 Å². The van der Waals surface area contributed by atoms with E-state index in [4.69, 9.17) is 0 Å². The fourth-order valence-electron chi connectivity index (χ4n) is 4.66. The van der Waals surface area contributed by atoms with Crippen molar-refractivity contribution in [1.29, 1.82) is 0 Å². The van der Waals surface area contributed by atoms with Crippen molar-refractivity contribution in [3.8, 4) is 0 Å². The molecule has 0 amide bonds. The van der Waals surface area contributed by atoms with Gasteiger partial charge in [0.1, 0.15) is 0 Å². The van der Waals surface area contributed by atoms with Gasteiger partial charge < -0.3 is 10.2 Å². The Morgan fingerprint density at radius 1 is 0.789 bits per heavy atom. The molecule has 1 unspecified atom stereocenters. The molecule has 0 radical (unpaired) electrons. The third-order valence-corrected chi connectivity index (χ3v) is 5.86. The molecule has 110 valence electrons. The van der Waals surface area contributed by atoms with Gasteiger partial charge in [0.05, 0.1) is 0 Å². The Kier molecular flexibility index (Phi) is 5.17. The molecule has 0 bridgehead atoms. The van der Waals surface area contributed by atoms with Crippen LogP contribution in [0.4, 0.5) is 0 Å². The lowest BCUT2D eigenvalue weighted by molar-refractivity contribution is 0.109. The summed E-state index contributed by atoms with van der Waals surface area (Å²) in [6.45, 7) is 6.66. The molecule has 19 heavy (non-hydrogen) atoms. The van der Waals surface area contributed by atoms with Crippen LogP contribution in [0.25, 0.3) is 0 Å². The largest absolute Gasteiger partial charge is 0.316 e. The highest BCUT2D eigenvalue weighted by atomic mass is 15.1. The van der Waals surface area contributed by atoms with Gasteiger partial charge in [-0.3, -0.25) is 0 Å². The van der Waals surface area contributed by atoms with Gasteiger partial charge in [0.15, 0.2) is 0 Å². The van der Waals surface area contributed by atoms with Gasteiger partial charge in [-0.15, -0.1) is 0 Å². The van der Waals surface area contributed by atoms with E-state index in [1.807, 2.05) is 0 Å². The molecule has 2 heteroatoms. The van der Waals surface area contributed by atoms with Gasteiger partial charge in [0.2, 0.25) is 0 Å². The molecule has 3 rings (SSSR count). The summed E-state index contributed by atoms with van der Waals surface area (Å²) in [7, 11) is 0. The molecule has 3 fully saturated rings. The molecule has 2 saturated heterocycles. The van der Waals surface area contributed by atoms with Crippen LogP contribution in [0.5, 0.6) is 0 Å². The van der Waals surface area contributed by atoms with Crippen molar-refractivity contribution >= 4 is 0 Å². The van der Waals surface area contributed by atoms with Crippen molar-refractivity contribution in [3.05, 3.63) is 0 Å². The van der Waals surface area contributed by atoms with E-state index in [2.05, 4.69) is 10.2 Å². The van der Waals surface area contributed by atoms with E-state index in [0.717, 1.165) is 17.8 Å². The van der Waals surface area contributed by atoms with Crippen molar-refractivity contribution in [2.24, 2.45) is 17.8 Å². The highest BCUT2D eigenvalue weighted by Gasteiger charge is 2.28. The van der Waals surface area contributed by atoms with E-state index in [9.17, 15) is 0 Å². The number of hydrogen-bond donors (Lipinski definition) is 1. The summed E-state index contributed by atoms with van der Waals surface area (Å²) in [4.78, 5) is 2.76. The van der Waals surface area contributed by atoms with Crippen LogP contribution in [0.15, 0.2) is 0 Å². The minimum absolute atomic E-state index is 0.931. The SMILES string of the molecule is C1CCC(C2CCN(CC3CCCNC3)CC2)CC1. The molecule has 2 heterocycles.